The van der Waals surface area contributed by atoms with Gasteiger partial charge in [0.2, 0.25) is 0 Å². The molecular weight excluding hydrogens is 372 g/mol. The van der Waals surface area contributed by atoms with Crippen LogP contribution in [0.15, 0.2) is 41.3 Å². The molecular formula is C20H21F2NO3S. The fraction of sp³-hybridized carbons (Fsp3) is 0.350. The van der Waals surface area contributed by atoms with Crippen molar-refractivity contribution >= 4 is 15.7 Å². The van der Waals surface area contributed by atoms with Crippen molar-refractivity contribution < 1.29 is 22.0 Å². The van der Waals surface area contributed by atoms with Gasteiger partial charge in [-0.1, -0.05) is 29.8 Å². The normalized spacial score (nSPS) is 17.3. The average Bonchev–Trinajstić information content (AvgIpc) is 3.03. The van der Waals surface area contributed by atoms with Crippen molar-refractivity contribution in [3.63, 3.8) is 0 Å². The summed E-state index contributed by atoms with van der Waals surface area (Å²) in [7, 11) is -3.91. The average molecular weight is 393 g/mol. The maximum Gasteiger partial charge on any atom is 0.260 e. The largest absolute Gasteiger partial charge is 0.335 e. The molecule has 1 unspecified atom stereocenters. The van der Waals surface area contributed by atoms with E-state index in [1.165, 1.54) is 4.90 Å². The van der Waals surface area contributed by atoms with Gasteiger partial charge in [0, 0.05) is 18.8 Å². The monoisotopic (exact) mass is 393 g/mol. The van der Waals surface area contributed by atoms with Gasteiger partial charge < -0.3 is 4.90 Å². The lowest BCUT2D eigenvalue weighted by Crippen LogP contribution is -2.38. The molecule has 0 bridgehead atoms. The highest BCUT2D eigenvalue weighted by Crippen LogP contribution is 2.27. The zero-order chi connectivity index (χ0) is 19.8. The Morgan fingerprint density at radius 1 is 1.15 bits per heavy atom. The number of carbonyl (C=O) groups is 1. The highest BCUT2D eigenvalue weighted by Gasteiger charge is 2.34. The number of nitrogens with zero attached hydrogens (tertiary/aromatic N) is 1. The fourth-order valence-corrected chi connectivity index (χ4v) is 4.21. The van der Waals surface area contributed by atoms with Crippen molar-refractivity contribution in [2.45, 2.75) is 37.1 Å². The molecule has 0 aliphatic carbocycles. The minimum Gasteiger partial charge on any atom is -0.335 e. The van der Waals surface area contributed by atoms with Crippen LogP contribution in [0.5, 0.6) is 0 Å². The molecule has 1 saturated heterocycles. The van der Waals surface area contributed by atoms with E-state index in [9.17, 15) is 22.0 Å². The predicted octanol–water partition coefficient (Wildman–Crippen LogP) is 3.52. The third-order valence-corrected chi connectivity index (χ3v) is 6.01. The molecule has 0 spiro atoms. The van der Waals surface area contributed by atoms with E-state index in [2.05, 4.69) is 0 Å². The summed E-state index contributed by atoms with van der Waals surface area (Å²) in [5, 5.41) is 0. The molecule has 0 N–H and O–H groups in total. The first-order valence-corrected chi connectivity index (χ1v) is 10.6. The van der Waals surface area contributed by atoms with E-state index >= 15 is 0 Å². The van der Waals surface area contributed by atoms with Gasteiger partial charge in [0.1, 0.15) is 16.3 Å². The SMILES string of the molecule is Cc1ccc(CC2CCCN2C(=O)c2c(F)ccc(S(C)(=O)=O)c2F)cc1. The molecule has 27 heavy (non-hydrogen) atoms. The highest BCUT2D eigenvalue weighted by atomic mass is 32.2. The summed E-state index contributed by atoms with van der Waals surface area (Å²) in [6.45, 7) is 2.37. The third-order valence-electron chi connectivity index (χ3n) is 4.90. The van der Waals surface area contributed by atoms with E-state index < -0.39 is 37.8 Å². The van der Waals surface area contributed by atoms with Gasteiger partial charge in [-0.25, -0.2) is 17.2 Å². The molecule has 2 aromatic rings. The van der Waals surface area contributed by atoms with Crippen LogP contribution in [0.1, 0.15) is 34.3 Å². The predicted molar refractivity (Wildman–Crippen MR) is 98.4 cm³/mol. The van der Waals surface area contributed by atoms with Crippen LogP contribution in [0.4, 0.5) is 8.78 Å². The Bertz CT molecular complexity index is 971. The maximum absolute atomic E-state index is 14.7. The quantitative estimate of drug-likeness (QED) is 0.747. The first-order valence-electron chi connectivity index (χ1n) is 8.73. The van der Waals surface area contributed by atoms with Crippen LogP contribution in [0, 0.1) is 18.6 Å². The number of aryl methyl sites for hydroxylation is 1. The number of hydrogen-bond donors (Lipinski definition) is 0. The van der Waals surface area contributed by atoms with Crippen LogP contribution in [0.2, 0.25) is 0 Å². The fourth-order valence-electron chi connectivity index (χ4n) is 3.47. The lowest BCUT2D eigenvalue weighted by atomic mass is 10.0. The van der Waals surface area contributed by atoms with Crippen LogP contribution in [-0.2, 0) is 16.3 Å². The van der Waals surface area contributed by atoms with Crippen molar-refractivity contribution in [1.82, 2.24) is 4.90 Å². The number of amides is 1. The molecule has 1 atom stereocenters. The number of hydrogen-bond acceptors (Lipinski definition) is 3. The summed E-state index contributed by atoms with van der Waals surface area (Å²) < 4.78 is 52.3. The first-order chi connectivity index (χ1) is 12.7. The van der Waals surface area contributed by atoms with E-state index in [0.29, 0.717) is 13.0 Å². The maximum atomic E-state index is 14.7. The van der Waals surface area contributed by atoms with Gasteiger partial charge in [-0.2, -0.15) is 0 Å². The number of rotatable bonds is 4. The summed E-state index contributed by atoms with van der Waals surface area (Å²) in [6.07, 6.45) is 2.88. The van der Waals surface area contributed by atoms with Crippen molar-refractivity contribution in [3.8, 4) is 0 Å². The van der Waals surface area contributed by atoms with Gasteiger partial charge in [0.05, 0.1) is 0 Å². The summed E-state index contributed by atoms with van der Waals surface area (Å²) in [5.41, 5.74) is 1.37. The second-order valence-electron chi connectivity index (χ2n) is 6.99. The zero-order valence-electron chi connectivity index (χ0n) is 15.2. The summed E-state index contributed by atoms with van der Waals surface area (Å²) >= 11 is 0. The number of likely N-dealkylation sites (tertiary alicyclic amines) is 1. The molecule has 0 aromatic heterocycles. The van der Waals surface area contributed by atoms with E-state index in [-0.39, 0.29) is 6.04 Å². The molecule has 1 amide bonds. The zero-order valence-corrected chi connectivity index (χ0v) is 16.0. The Kier molecular flexibility index (Phi) is 5.33. The van der Waals surface area contributed by atoms with Crippen molar-refractivity contribution in [2.75, 3.05) is 12.8 Å². The number of benzene rings is 2. The van der Waals surface area contributed by atoms with Crippen molar-refractivity contribution in [1.29, 1.82) is 0 Å². The summed E-state index contributed by atoms with van der Waals surface area (Å²) in [5.74, 6) is -3.17. The first kappa shape index (κ1) is 19.5. The van der Waals surface area contributed by atoms with Crippen LogP contribution < -0.4 is 0 Å². The topological polar surface area (TPSA) is 54.5 Å². The van der Waals surface area contributed by atoms with Gasteiger partial charge in [-0.15, -0.1) is 0 Å². The Morgan fingerprint density at radius 2 is 1.81 bits per heavy atom. The summed E-state index contributed by atoms with van der Waals surface area (Å²) in [6, 6.07) is 9.41. The molecule has 3 rings (SSSR count). The molecule has 1 fully saturated rings. The number of carbonyl (C=O) groups excluding carboxylic acids is 1. The molecule has 2 aromatic carbocycles. The molecule has 1 aliphatic rings. The number of sulfone groups is 1. The van der Waals surface area contributed by atoms with E-state index in [1.54, 1.807) is 0 Å². The van der Waals surface area contributed by atoms with Crippen LogP contribution in [0.3, 0.4) is 0 Å². The summed E-state index contributed by atoms with van der Waals surface area (Å²) in [4.78, 5) is 13.7. The molecule has 0 saturated carbocycles. The standard InChI is InChI=1S/C20H21F2NO3S/c1-13-5-7-14(8-6-13)12-15-4-3-11-23(15)20(24)18-16(21)9-10-17(19(18)22)27(2,25)26/h5-10,15H,3-4,11-12H2,1-2H3. The van der Waals surface area contributed by atoms with Gasteiger partial charge in [-0.05, 0) is 43.9 Å². The second kappa shape index (κ2) is 7.38. The van der Waals surface area contributed by atoms with E-state index in [4.69, 9.17) is 0 Å². The van der Waals surface area contributed by atoms with Gasteiger partial charge >= 0.3 is 0 Å². The Morgan fingerprint density at radius 3 is 2.44 bits per heavy atom. The Hall–Kier alpha value is -2.28. The highest BCUT2D eigenvalue weighted by molar-refractivity contribution is 7.90. The van der Waals surface area contributed by atoms with Crippen LogP contribution in [-0.4, -0.2) is 38.1 Å². The van der Waals surface area contributed by atoms with Gasteiger partial charge in [-0.3, -0.25) is 4.79 Å². The molecule has 7 heteroatoms. The lowest BCUT2D eigenvalue weighted by molar-refractivity contribution is 0.0726. The molecule has 144 valence electrons. The van der Waals surface area contributed by atoms with E-state index in [0.717, 1.165) is 42.4 Å². The third kappa shape index (κ3) is 4.03. The molecule has 1 heterocycles. The molecule has 0 radical (unpaired) electrons. The minimum absolute atomic E-state index is 0.180. The van der Waals surface area contributed by atoms with Crippen LogP contribution in [0.25, 0.3) is 0 Å². The Balaban J connectivity index is 1.91. The van der Waals surface area contributed by atoms with Gasteiger partial charge in [0.25, 0.3) is 5.91 Å². The van der Waals surface area contributed by atoms with Gasteiger partial charge in [0.15, 0.2) is 15.7 Å². The molecule has 4 nitrogen and oxygen atoms in total. The molecule has 1 aliphatic heterocycles. The minimum atomic E-state index is -3.91. The second-order valence-corrected chi connectivity index (χ2v) is 8.98. The smallest absolute Gasteiger partial charge is 0.260 e. The van der Waals surface area contributed by atoms with E-state index in [1.807, 2.05) is 31.2 Å². The number of halogens is 2. The van der Waals surface area contributed by atoms with Crippen LogP contribution >= 0.6 is 0 Å². The van der Waals surface area contributed by atoms with Crippen molar-refractivity contribution in [2.24, 2.45) is 0 Å². The Labute approximate surface area is 157 Å². The van der Waals surface area contributed by atoms with Crippen molar-refractivity contribution in [3.05, 3.63) is 64.7 Å². The lowest BCUT2D eigenvalue weighted by Gasteiger charge is -2.25.